The van der Waals surface area contributed by atoms with Crippen LogP contribution in [0.5, 0.6) is 5.75 Å². The number of halogens is 1. The van der Waals surface area contributed by atoms with Gasteiger partial charge in [-0.05, 0) is 55.7 Å². The van der Waals surface area contributed by atoms with E-state index < -0.39 is 0 Å². The largest absolute Gasteiger partial charge is 0.497 e. The van der Waals surface area contributed by atoms with E-state index in [1.165, 1.54) is 38.2 Å². The quantitative estimate of drug-likeness (QED) is 0.852. The van der Waals surface area contributed by atoms with E-state index in [1.54, 1.807) is 7.11 Å². The first-order chi connectivity index (χ1) is 9.69. The van der Waals surface area contributed by atoms with Crippen LogP contribution in [0.25, 0.3) is 0 Å². The zero-order valence-corrected chi connectivity index (χ0v) is 12.5. The fourth-order valence-corrected chi connectivity index (χ4v) is 3.49. The molecule has 0 radical (unpaired) electrons. The summed E-state index contributed by atoms with van der Waals surface area (Å²) in [6.45, 7) is 0.741. The van der Waals surface area contributed by atoms with Gasteiger partial charge in [-0.25, -0.2) is 4.39 Å². The van der Waals surface area contributed by atoms with Crippen molar-refractivity contribution < 1.29 is 9.13 Å². The summed E-state index contributed by atoms with van der Waals surface area (Å²) in [4.78, 5) is 0. The third-order valence-corrected chi connectivity index (χ3v) is 4.77. The number of methoxy groups -OCH3 is 1. The molecular formula is C17H26FNO. The average molecular weight is 279 g/mol. The topological polar surface area (TPSA) is 35.2 Å². The lowest BCUT2D eigenvalue weighted by molar-refractivity contribution is 0.160. The highest BCUT2D eigenvalue weighted by atomic mass is 19.1. The van der Waals surface area contributed by atoms with Crippen molar-refractivity contribution >= 4 is 0 Å². The van der Waals surface area contributed by atoms with Crippen LogP contribution in [-0.2, 0) is 6.42 Å². The molecule has 2 N–H and O–H groups in total. The summed E-state index contributed by atoms with van der Waals surface area (Å²) < 4.78 is 19.0. The minimum absolute atomic E-state index is 0.150. The first-order valence-electron chi connectivity index (χ1n) is 7.72. The summed E-state index contributed by atoms with van der Waals surface area (Å²) in [5, 5.41) is 0. The monoisotopic (exact) mass is 279 g/mol. The van der Waals surface area contributed by atoms with Gasteiger partial charge in [-0.15, -0.1) is 0 Å². The molecule has 0 atom stereocenters. The van der Waals surface area contributed by atoms with E-state index in [4.69, 9.17) is 10.5 Å². The smallest absolute Gasteiger partial charge is 0.130 e. The van der Waals surface area contributed by atoms with E-state index in [0.717, 1.165) is 31.4 Å². The second kappa shape index (κ2) is 7.07. The third kappa shape index (κ3) is 3.72. The predicted octanol–water partition coefficient (Wildman–Crippen LogP) is 4.07. The van der Waals surface area contributed by atoms with Crippen LogP contribution in [0, 0.1) is 11.2 Å². The lowest BCUT2D eigenvalue weighted by Crippen LogP contribution is -2.28. The van der Waals surface area contributed by atoms with E-state index in [-0.39, 0.29) is 5.82 Å². The maximum atomic E-state index is 14.0. The Hall–Kier alpha value is -1.09. The molecule has 2 nitrogen and oxygen atoms in total. The highest BCUT2D eigenvalue weighted by molar-refractivity contribution is 5.29. The van der Waals surface area contributed by atoms with Crippen molar-refractivity contribution in [3.05, 3.63) is 29.6 Å². The van der Waals surface area contributed by atoms with E-state index in [2.05, 4.69) is 0 Å². The Morgan fingerprint density at radius 1 is 1.20 bits per heavy atom. The van der Waals surface area contributed by atoms with Gasteiger partial charge < -0.3 is 10.5 Å². The van der Waals surface area contributed by atoms with Crippen LogP contribution in [0.2, 0.25) is 0 Å². The fraction of sp³-hybridized carbons (Fsp3) is 0.647. The normalized spacial score (nSPS) is 17.9. The third-order valence-electron chi connectivity index (χ3n) is 4.77. The van der Waals surface area contributed by atoms with Gasteiger partial charge in [0.15, 0.2) is 0 Å². The first kappa shape index (κ1) is 15.3. The Morgan fingerprint density at radius 2 is 1.95 bits per heavy atom. The molecule has 1 aromatic rings. The number of benzene rings is 1. The lowest BCUT2D eigenvalue weighted by atomic mass is 9.68. The Kier molecular flexibility index (Phi) is 5.41. The van der Waals surface area contributed by atoms with Gasteiger partial charge in [0.25, 0.3) is 0 Å². The second-order valence-electron chi connectivity index (χ2n) is 6.06. The SMILES string of the molecule is COc1ccc(CCC2(CCN)CCCCC2)c(F)c1. The molecule has 1 saturated carbocycles. The summed E-state index contributed by atoms with van der Waals surface area (Å²) in [6.07, 6.45) is 9.36. The van der Waals surface area contributed by atoms with Gasteiger partial charge in [-0.2, -0.15) is 0 Å². The molecule has 0 unspecified atom stereocenters. The zero-order chi connectivity index (χ0) is 14.4. The zero-order valence-electron chi connectivity index (χ0n) is 12.5. The number of ether oxygens (including phenoxy) is 1. The van der Waals surface area contributed by atoms with Crippen molar-refractivity contribution in [2.24, 2.45) is 11.1 Å². The standard InChI is InChI=1S/C17H26FNO/c1-20-15-6-5-14(16(18)13-15)7-10-17(11-12-19)8-3-2-4-9-17/h5-6,13H,2-4,7-12,19H2,1H3. The molecule has 0 aliphatic heterocycles. The molecule has 1 fully saturated rings. The van der Waals surface area contributed by atoms with Crippen molar-refractivity contribution in [3.8, 4) is 5.75 Å². The molecule has 1 aromatic carbocycles. The van der Waals surface area contributed by atoms with Crippen LogP contribution in [0.3, 0.4) is 0 Å². The lowest BCUT2D eigenvalue weighted by Gasteiger charge is -2.37. The Labute approximate surface area is 121 Å². The molecule has 3 heteroatoms. The molecular weight excluding hydrogens is 253 g/mol. The Balaban J connectivity index is 2.01. The number of hydrogen-bond acceptors (Lipinski definition) is 2. The van der Waals surface area contributed by atoms with Crippen LogP contribution in [0.1, 0.15) is 50.5 Å². The fourth-order valence-electron chi connectivity index (χ4n) is 3.49. The molecule has 0 saturated heterocycles. The molecule has 20 heavy (non-hydrogen) atoms. The van der Waals surface area contributed by atoms with Gasteiger partial charge in [0.1, 0.15) is 11.6 Å². The summed E-state index contributed by atoms with van der Waals surface area (Å²) in [6, 6.07) is 5.17. The van der Waals surface area contributed by atoms with Gasteiger partial charge in [0.2, 0.25) is 0 Å². The molecule has 0 amide bonds. The maximum Gasteiger partial charge on any atom is 0.130 e. The van der Waals surface area contributed by atoms with Crippen molar-refractivity contribution in [3.63, 3.8) is 0 Å². The molecule has 1 aliphatic rings. The maximum absolute atomic E-state index is 14.0. The number of rotatable bonds is 6. The summed E-state index contributed by atoms with van der Waals surface area (Å²) in [7, 11) is 1.56. The molecule has 0 spiro atoms. The van der Waals surface area contributed by atoms with Crippen molar-refractivity contribution in [2.75, 3.05) is 13.7 Å². The number of nitrogens with two attached hydrogens (primary N) is 1. The van der Waals surface area contributed by atoms with Crippen LogP contribution >= 0.6 is 0 Å². The Bertz CT molecular complexity index is 421. The molecule has 0 heterocycles. The molecule has 0 aromatic heterocycles. The average Bonchev–Trinajstić information content (AvgIpc) is 2.47. The highest BCUT2D eigenvalue weighted by Crippen LogP contribution is 2.42. The van der Waals surface area contributed by atoms with Gasteiger partial charge in [0.05, 0.1) is 7.11 Å². The van der Waals surface area contributed by atoms with Gasteiger partial charge in [-0.3, -0.25) is 0 Å². The second-order valence-corrected chi connectivity index (χ2v) is 6.06. The van der Waals surface area contributed by atoms with E-state index in [0.29, 0.717) is 11.2 Å². The van der Waals surface area contributed by atoms with E-state index in [1.807, 2.05) is 12.1 Å². The first-order valence-corrected chi connectivity index (χ1v) is 7.72. The van der Waals surface area contributed by atoms with Crippen LogP contribution < -0.4 is 10.5 Å². The molecule has 0 bridgehead atoms. The van der Waals surface area contributed by atoms with Gasteiger partial charge >= 0.3 is 0 Å². The van der Waals surface area contributed by atoms with Crippen molar-refractivity contribution in [2.45, 2.75) is 51.4 Å². The van der Waals surface area contributed by atoms with E-state index >= 15 is 0 Å². The summed E-state index contributed by atoms with van der Waals surface area (Å²) in [5.74, 6) is 0.434. The van der Waals surface area contributed by atoms with E-state index in [9.17, 15) is 4.39 Å². The van der Waals surface area contributed by atoms with Crippen LogP contribution in [-0.4, -0.2) is 13.7 Å². The minimum atomic E-state index is -0.150. The molecule has 112 valence electrons. The van der Waals surface area contributed by atoms with Gasteiger partial charge in [0, 0.05) is 6.07 Å². The van der Waals surface area contributed by atoms with Gasteiger partial charge in [-0.1, -0.05) is 25.3 Å². The summed E-state index contributed by atoms with van der Waals surface area (Å²) in [5.41, 5.74) is 6.94. The summed E-state index contributed by atoms with van der Waals surface area (Å²) >= 11 is 0. The number of aryl methyl sites for hydroxylation is 1. The highest BCUT2D eigenvalue weighted by Gasteiger charge is 2.30. The predicted molar refractivity (Wildman–Crippen MR) is 80.5 cm³/mol. The van der Waals surface area contributed by atoms with Crippen molar-refractivity contribution in [1.82, 2.24) is 0 Å². The van der Waals surface area contributed by atoms with Crippen molar-refractivity contribution in [1.29, 1.82) is 0 Å². The molecule has 1 aliphatic carbocycles. The van der Waals surface area contributed by atoms with Crippen LogP contribution in [0.4, 0.5) is 4.39 Å². The molecule has 2 rings (SSSR count). The van der Waals surface area contributed by atoms with Crippen LogP contribution in [0.15, 0.2) is 18.2 Å². The minimum Gasteiger partial charge on any atom is -0.497 e. The Morgan fingerprint density at radius 3 is 2.55 bits per heavy atom. The number of hydrogen-bond donors (Lipinski definition) is 1.